The molecule has 152 valence electrons. The smallest absolute Gasteiger partial charge is 0.271 e. The first-order valence-corrected chi connectivity index (χ1v) is 11.0. The van der Waals surface area contributed by atoms with E-state index in [1.165, 1.54) is 18.0 Å². The largest absolute Gasteiger partial charge is 0.494 e. The molecular weight excluding hydrogens is 442 g/mol. The van der Waals surface area contributed by atoms with Gasteiger partial charge in [-0.1, -0.05) is 11.6 Å². The van der Waals surface area contributed by atoms with Crippen LogP contribution in [0.25, 0.3) is 10.2 Å². The molecule has 30 heavy (non-hydrogen) atoms. The Morgan fingerprint density at radius 2 is 2.10 bits per heavy atom. The van der Waals surface area contributed by atoms with Crippen molar-refractivity contribution in [2.45, 2.75) is 16.4 Å². The average Bonchev–Trinajstić information content (AvgIpc) is 3.34. The van der Waals surface area contributed by atoms with Crippen molar-refractivity contribution >= 4 is 57.0 Å². The van der Waals surface area contributed by atoms with Crippen molar-refractivity contribution < 1.29 is 13.9 Å². The Hall–Kier alpha value is -2.81. The number of rotatable bonds is 7. The van der Waals surface area contributed by atoms with Crippen LogP contribution in [0, 0.1) is 0 Å². The maximum absolute atomic E-state index is 12.0. The summed E-state index contributed by atoms with van der Waals surface area (Å²) in [5, 5.41) is 5.19. The summed E-state index contributed by atoms with van der Waals surface area (Å²) in [5.41, 5.74) is 3.85. The number of thiazole rings is 1. The molecule has 0 aliphatic carbocycles. The number of nitrogens with one attached hydrogen (secondary N) is 1. The Labute approximate surface area is 185 Å². The molecule has 0 atom stereocenters. The second-order valence-electron chi connectivity index (χ2n) is 6.01. The zero-order valence-electron chi connectivity index (χ0n) is 15.8. The highest BCUT2D eigenvalue weighted by molar-refractivity contribution is 8.01. The van der Waals surface area contributed by atoms with E-state index in [0.717, 1.165) is 20.3 Å². The standard InChI is InChI=1S/C21H16ClN3O3S2/c1-2-27-15-7-9-17-18(11-15)29-21(24-17)30-19-10-8-16(28-19)12-23-25-20(26)13-3-5-14(22)6-4-13/h3-12H,2H2,1H3,(H,25,26). The molecular formula is C21H16ClN3O3S2. The van der Waals surface area contributed by atoms with Crippen molar-refractivity contribution in [1.29, 1.82) is 0 Å². The average molecular weight is 458 g/mol. The SMILES string of the molecule is CCOc1ccc2nc(Sc3ccc(C=NNC(=O)c4ccc(Cl)cc4)o3)sc2c1. The fourth-order valence-corrected chi connectivity index (χ4v) is 4.67. The van der Waals surface area contributed by atoms with Crippen LogP contribution in [0.5, 0.6) is 5.75 Å². The van der Waals surface area contributed by atoms with Crippen molar-refractivity contribution in [3.63, 3.8) is 0 Å². The Bertz CT molecular complexity index is 1200. The van der Waals surface area contributed by atoms with Crippen molar-refractivity contribution in [3.8, 4) is 5.75 Å². The molecule has 0 spiro atoms. The number of carbonyl (C=O) groups excluding carboxylic acids is 1. The number of hydrogen-bond donors (Lipinski definition) is 1. The van der Waals surface area contributed by atoms with Gasteiger partial charge in [0.25, 0.3) is 5.91 Å². The molecule has 0 aliphatic heterocycles. The number of furan rings is 1. The lowest BCUT2D eigenvalue weighted by Gasteiger charge is -2.00. The molecule has 0 saturated carbocycles. The number of nitrogens with zero attached hydrogens (tertiary/aromatic N) is 2. The van der Waals surface area contributed by atoms with Gasteiger partial charge < -0.3 is 9.15 Å². The van der Waals surface area contributed by atoms with Crippen LogP contribution in [0.1, 0.15) is 23.0 Å². The number of amides is 1. The first-order valence-electron chi connectivity index (χ1n) is 9.01. The van der Waals surface area contributed by atoms with Gasteiger partial charge in [-0.2, -0.15) is 5.10 Å². The number of aromatic nitrogens is 1. The Kier molecular flexibility index (Phi) is 6.37. The normalized spacial score (nSPS) is 11.3. The van der Waals surface area contributed by atoms with Gasteiger partial charge >= 0.3 is 0 Å². The lowest BCUT2D eigenvalue weighted by Crippen LogP contribution is -2.17. The van der Waals surface area contributed by atoms with E-state index in [9.17, 15) is 4.79 Å². The fraction of sp³-hybridized carbons (Fsp3) is 0.0952. The fourth-order valence-electron chi connectivity index (χ4n) is 2.55. The van der Waals surface area contributed by atoms with Crippen LogP contribution in [-0.4, -0.2) is 23.7 Å². The summed E-state index contributed by atoms with van der Waals surface area (Å²) in [6.07, 6.45) is 1.45. The van der Waals surface area contributed by atoms with Gasteiger partial charge in [-0.15, -0.1) is 11.3 Å². The molecule has 0 bridgehead atoms. The highest BCUT2D eigenvalue weighted by Gasteiger charge is 2.10. The summed E-state index contributed by atoms with van der Waals surface area (Å²) in [4.78, 5) is 16.6. The number of carbonyl (C=O) groups is 1. The molecule has 0 radical (unpaired) electrons. The quantitative estimate of drug-likeness (QED) is 0.278. The van der Waals surface area contributed by atoms with Crippen LogP contribution in [0.15, 0.2) is 73.5 Å². The molecule has 4 rings (SSSR count). The summed E-state index contributed by atoms with van der Waals surface area (Å²) in [6, 6.07) is 16.0. The Morgan fingerprint density at radius 1 is 1.27 bits per heavy atom. The molecule has 0 aliphatic rings. The summed E-state index contributed by atoms with van der Waals surface area (Å²) in [6.45, 7) is 2.59. The minimum Gasteiger partial charge on any atom is -0.494 e. The van der Waals surface area contributed by atoms with Gasteiger partial charge in [0, 0.05) is 10.6 Å². The van der Waals surface area contributed by atoms with Gasteiger partial charge in [-0.25, -0.2) is 10.4 Å². The van der Waals surface area contributed by atoms with E-state index in [0.29, 0.717) is 28.0 Å². The van der Waals surface area contributed by atoms with E-state index in [1.54, 1.807) is 41.7 Å². The molecule has 0 saturated heterocycles. The number of benzene rings is 2. The third-order valence-corrected chi connectivity index (χ3v) is 6.16. The van der Waals surface area contributed by atoms with Crippen LogP contribution in [0.3, 0.4) is 0 Å². The highest BCUT2D eigenvalue weighted by Crippen LogP contribution is 2.36. The number of hydrogen-bond acceptors (Lipinski definition) is 7. The number of ether oxygens (including phenoxy) is 1. The van der Waals surface area contributed by atoms with Gasteiger partial charge in [0.05, 0.1) is 23.0 Å². The van der Waals surface area contributed by atoms with E-state index in [-0.39, 0.29) is 5.91 Å². The molecule has 0 fully saturated rings. The van der Waals surface area contributed by atoms with E-state index < -0.39 is 0 Å². The van der Waals surface area contributed by atoms with Crippen molar-refractivity contribution in [3.05, 3.63) is 70.9 Å². The van der Waals surface area contributed by atoms with Gasteiger partial charge in [0.15, 0.2) is 9.43 Å². The zero-order chi connectivity index (χ0) is 20.9. The van der Waals surface area contributed by atoms with E-state index in [2.05, 4.69) is 15.5 Å². The second-order valence-corrected chi connectivity index (χ2v) is 8.73. The van der Waals surface area contributed by atoms with E-state index in [1.807, 2.05) is 31.2 Å². The molecule has 9 heteroatoms. The summed E-state index contributed by atoms with van der Waals surface area (Å²) >= 11 is 8.82. The van der Waals surface area contributed by atoms with Crippen molar-refractivity contribution in [2.24, 2.45) is 5.10 Å². The van der Waals surface area contributed by atoms with E-state index in [4.69, 9.17) is 20.8 Å². The second kappa shape index (κ2) is 9.34. The summed E-state index contributed by atoms with van der Waals surface area (Å²) in [7, 11) is 0. The van der Waals surface area contributed by atoms with E-state index >= 15 is 0 Å². The first-order chi connectivity index (χ1) is 14.6. The molecule has 2 aromatic heterocycles. The topological polar surface area (TPSA) is 76.7 Å². The first kappa shape index (κ1) is 20.5. The van der Waals surface area contributed by atoms with Crippen LogP contribution in [0.4, 0.5) is 0 Å². The summed E-state index contributed by atoms with van der Waals surface area (Å²) < 4.78 is 13.2. The number of hydrazone groups is 1. The highest BCUT2D eigenvalue weighted by atomic mass is 35.5. The zero-order valence-corrected chi connectivity index (χ0v) is 18.2. The monoisotopic (exact) mass is 457 g/mol. The Balaban J connectivity index is 1.38. The molecule has 4 aromatic rings. The molecule has 0 unspecified atom stereocenters. The lowest BCUT2D eigenvalue weighted by molar-refractivity contribution is 0.0955. The third-order valence-electron chi connectivity index (χ3n) is 3.91. The predicted molar refractivity (Wildman–Crippen MR) is 120 cm³/mol. The summed E-state index contributed by atoms with van der Waals surface area (Å²) in [5.74, 6) is 1.03. The lowest BCUT2D eigenvalue weighted by atomic mass is 10.2. The van der Waals surface area contributed by atoms with Gasteiger partial charge in [-0.3, -0.25) is 4.79 Å². The minimum atomic E-state index is -0.329. The van der Waals surface area contributed by atoms with Gasteiger partial charge in [0.2, 0.25) is 0 Å². The maximum Gasteiger partial charge on any atom is 0.271 e. The van der Waals surface area contributed by atoms with Gasteiger partial charge in [-0.05, 0) is 73.3 Å². The van der Waals surface area contributed by atoms with Crippen LogP contribution in [-0.2, 0) is 0 Å². The maximum atomic E-state index is 12.0. The number of fused-ring (bicyclic) bond motifs is 1. The minimum absolute atomic E-state index is 0.329. The third kappa shape index (κ3) is 5.02. The predicted octanol–water partition coefficient (Wildman–Crippen LogP) is 5.86. The number of halogens is 1. The van der Waals surface area contributed by atoms with Crippen LogP contribution in [0.2, 0.25) is 5.02 Å². The molecule has 1 N–H and O–H groups in total. The van der Waals surface area contributed by atoms with Crippen LogP contribution < -0.4 is 10.2 Å². The molecule has 1 amide bonds. The molecule has 2 heterocycles. The Morgan fingerprint density at radius 3 is 2.90 bits per heavy atom. The molecule has 6 nitrogen and oxygen atoms in total. The van der Waals surface area contributed by atoms with Gasteiger partial charge in [0.1, 0.15) is 11.5 Å². The van der Waals surface area contributed by atoms with Crippen molar-refractivity contribution in [1.82, 2.24) is 10.4 Å². The molecule has 2 aromatic carbocycles. The van der Waals surface area contributed by atoms with Crippen LogP contribution >= 0.6 is 34.7 Å². The van der Waals surface area contributed by atoms with Crippen molar-refractivity contribution in [2.75, 3.05) is 6.61 Å².